The lowest BCUT2D eigenvalue weighted by Crippen LogP contribution is -2.20. The Morgan fingerprint density at radius 2 is 1.86 bits per heavy atom. The first-order valence-electron chi connectivity index (χ1n) is 7.30. The van der Waals surface area contributed by atoms with Crippen molar-refractivity contribution in [2.24, 2.45) is 5.92 Å². The van der Waals surface area contributed by atoms with Crippen molar-refractivity contribution in [3.63, 3.8) is 0 Å². The molecule has 1 aliphatic rings. The molecule has 3 rings (SSSR count). The van der Waals surface area contributed by atoms with Gasteiger partial charge in [-0.1, -0.05) is 18.9 Å². The van der Waals surface area contributed by atoms with Gasteiger partial charge in [-0.2, -0.15) is 0 Å². The summed E-state index contributed by atoms with van der Waals surface area (Å²) in [6, 6.07) is 11.1. The van der Waals surface area contributed by atoms with E-state index in [1.54, 1.807) is 24.5 Å². The standard InChI is InChI=1S/C17H18N2O2/c20-17(13-4-1-2-5-13)19-14-6-3-7-16(12-14)21-15-8-10-18-11-9-15/h3,6-13H,1-2,4-5H2,(H,19,20). The first-order chi connectivity index (χ1) is 10.3. The Balaban J connectivity index is 1.66. The van der Waals surface area contributed by atoms with E-state index in [0.29, 0.717) is 5.75 Å². The number of ether oxygens (including phenoxy) is 1. The summed E-state index contributed by atoms with van der Waals surface area (Å²) < 4.78 is 5.73. The van der Waals surface area contributed by atoms with Crippen molar-refractivity contribution in [1.29, 1.82) is 0 Å². The van der Waals surface area contributed by atoms with Crippen molar-refractivity contribution in [2.45, 2.75) is 25.7 Å². The van der Waals surface area contributed by atoms with E-state index in [9.17, 15) is 4.79 Å². The number of amides is 1. The third-order valence-corrected chi connectivity index (χ3v) is 3.71. The third-order valence-electron chi connectivity index (χ3n) is 3.71. The van der Waals surface area contributed by atoms with Gasteiger partial charge in [-0.25, -0.2) is 0 Å². The first kappa shape index (κ1) is 13.6. The fourth-order valence-corrected chi connectivity index (χ4v) is 2.61. The first-order valence-corrected chi connectivity index (χ1v) is 7.30. The van der Waals surface area contributed by atoms with E-state index in [1.165, 1.54) is 0 Å². The van der Waals surface area contributed by atoms with Crippen LogP contribution in [0.15, 0.2) is 48.8 Å². The van der Waals surface area contributed by atoms with Gasteiger partial charge in [0, 0.05) is 30.1 Å². The van der Waals surface area contributed by atoms with Crippen LogP contribution in [0.1, 0.15) is 25.7 Å². The van der Waals surface area contributed by atoms with Gasteiger partial charge in [0.25, 0.3) is 0 Å². The molecule has 0 radical (unpaired) electrons. The monoisotopic (exact) mass is 282 g/mol. The molecule has 1 heterocycles. The van der Waals surface area contributed by atoms with Crippen LogP contribution in [-0.4, -0.2) is 10.9 Å². The van der Waals surface area contributed by atoms with Crippen molar-refractivity contribution < 1.29 is 9.53 Å². The molecule has 108 valence electrons. The highest BCUT2D eigenvalue weighted by Gasteiger charge is 2.22. The van der Waals surface area contributed by atoms with E-state index in [-0.39, 0.29) is 11.8 Å². The van der Waals surface area contributed by atoms with Crippen molar-refractivity contribution in [3.05, 3.63) is 48.8 Å². The normalized spacial score (nSPS) is 14.9. The number of carbonyl (C=O) groups is 1. The maximum atomic E-state index is 12.1. The Kier molecular flexibility index (Phi) is 4.15. The highest BCUT2D eigenvalue weighted by atomic mass is 16.5. The topological polar surface area (TPSA) is 51.2 Å². The Morgan fingerprint density at radius 1 is 1.10 bits per heavy atom. The zero-order valence-corrected chi connectivity index (χ0v) is 11.8. The summed E-state index contributed by atoms with van der Waals surface area (Å²) in [6.07, 6.45) is 7.67. The van der Waals surface area contributed by atoms with E-state index >= 15 is 0 Å². The van der Waals surface area contributed by atoms with E-state index in [2.05, 4.69) is 10.3 Å². The summed E-state index contributed by atoms with van der Waals surface area (Å²) in [6.45, 7) is 0. The zero-order valence-electron chi connectivity index (χ0n) is 11.8. The molecular formula is C17H18N2O2. The second-order valence-corrected chi connectivity index (χ2v) is 5.28. The number of aromatic nitrogens is 1. The van der Waals surface area contributed by atoms with Crippen LogP contribution in [0.4, 0.5) is 5.69 Å². The highest BCUT2D eigenvalue weighted by molar-refractivity contribution is 5.92. The van der Waals surface area contributed by atoms with Crippen LogP contribution in [-0.2, 0) is 4.79 Å². The van der Waals surface area contributed by atoms with Gasteiger partial charge in [0.05, 0.1) is 0 Å². The van der Waals surface area contributed by atoms with Gasteiger partial charge >= 0.3 is 0 Å². The molecule has 1 aromatic heterocycles. The van der Waals surface area contributed by atoms with Gasteiger partial charge in [0.1, 0.15) is 11.5 Å². The van der Waals surface area contributed by atoms with Crippen LogP contribution >= 0.6 is 0 Å². The SMILES string of the molecule is O=C(Nc1cccc(Oc2ccncc2)c1)C1CCCC1. The summed E-state index contributed by atoms with van der Waals surface area (Å²) in [5, 5.41) is 2.98. The van der Waals surface area contributed by atoms with Crippen LogP contribution in [0.3, 0.4) is 0 Å². The van der Waals surface area contributed by atoms with E-state index in [1.807, 2.05) is 24.3 Å². The highest BCUT2D eigenvalue weighted by Crippen LogP contribution is 2.27. The van der Waals surface area contributed by atoms with Crippen molar-refractivity contribution >= 4 is 11.6 Å². The Morgan fingerprint density at radius 3 is 2.62 bits per heavy atom. The maximum absolute atomic E-state index is 12.1. The van der Waals surface area contributed by atoms with Gasteiger partial charge in [-0.3, -0.25) is 9.78 Å². The molecule has 0 unspecified atom stereocenters. The van der Waals surface area contributed by atoms with Gasteiger partial charge < -0.3 is 10.1 Å². The minimum atomic E-state index is 0.119. The largest absolute Gasteiger partial charge is 0.457 e. The molecule has 0 saturated heterocycles. The van der Waals surface area contributed by atoms with Crippen LogP contribution in [0, 0.1) is 5.92 Å². The lowest BCUT2D eigenvalue weighted by molar-refractivity contribution is -0.119. The Bertz CT molecular complexity index is 607. The summed E-state index contributed by atoms with van der Waals surface area (Å²) in [5.41, 5.74) is 0.776. The molecule has 4 heteroatoms. The fourth-order valence-electron chi connectivity index (χ4n) is 2.61. The molecule has 0 atom stereocenters. The molecule has 4 nitrogen and oxygen atoms in total. The van der Waals surface area contributed by atoms with Crippen molar-refractivity contribution in [2.75, 3.05) is 5.32 Å². The fraction of sp³-hybridized carbons (Fsp3) is 0.294. The lowest BCUT2D eigenvalue weighted by atomic mass is 10.1. The molecular weight excluding hydrogens is 264 g/mol. The molecule has 0 aliphatic heterocycles. The number of benzene rings is 1. The van der Waals surface area contributed by atoms with Crippen LogP contribution < -0.4 is 10.1 Å². The zero-order chi connectivity index (χ0) is 14.5. The van der Waals surface area contributed by atoms with E-state index in [0.717, 1.165) is 37.1 Å². The number of carbonyl (C=O) groups excluding carboxylic acids is 1. The second-order valence-electron chi connectivity index (χ2n) is 5.28. The molecule has 0 bridgehead atoms. The lowest BCUT2D eigenvalue weighted by Gasteiger charge is -2.11. The predicted octanol–water partition coefficient (Wildman–Crippen LogP) is 4.00. The molecule has 1 N–H and O–H groups in total. The predicted molar refractivity (Wildman–Crippen MR) is 81.3 cm³/mol. The Labute approximate surface area is 124 Å². The second kappa shape index (κ2) is 6.39. The minimum absolute atomic E-state index is 0.119. The van der Waals surface area contributed by atoms with Gasteiger partial charge in [-0.15, -0.1) is 0 Å². The average Bonchev–Trinajstić information content (AvgIpc) is 3.03. The smallest absolute Gasteiger partial charge is 0.227 e. The number of nitrogens with zero attached hydrogens (tertiary/aromatic N) is 1. The number of hydrogen-bond donors (Lipinski definition) is 1. The number of rotatable bonds is 4. The summed E-state index contributed by atoms with van der Waals surface area (Å²) in [7, 11) is 0. The molecule has 2 aromatic rings. The quantitative estimate of drug-likeness (QED) is 0.922. The van der Waals surface area contributed by atoms with Crippen molar-refractivity contribution in [1.82, 2.24) is 4.98 Å². The number of pyridine rings is 1. The van der Waals surface area contributed by atoms with Crippen LogP contribution in [0.5, 0.6) is 11.5 Å². The third kappa shape index (κ3) is 3.60. The van der Waals surface area contributed by atoms with Gasteiger partial charge in [0.2, 0.25) is 5.91 Å². The van der Waals surface area contributed by atoms with Crippen LogP contribution in [0.2, 0.25) is 0 Å². The van der Waals surface area contributed by atoms with Gasteiger partial charge in [-0.05, 0) is 37.1 Å². The molecule has 1 aromatic carbocycles. The molecule has 1 fully saturated rings. The summed E-state index contributed by atoms with van der Waals surface area (Å²) in [5.74, 6) is 1.71. The number of hydrogen-bond acceptors (Lipinski definition) is 3. The molecule has 21 heavy (non-hydrogen) atoms. The van der Waals surface area contributed by atoms with Crippen LogP contribution in [0.25, 0.3) is 0 Å². The minimum Gasteiger partial charge on any atom is -0.457 e. The number of nitrogens with one attached hydrogen (secondary N) is 1. The summed E-state index contributed by atoms with van der Waals surface area (Å²) in [4.78, 5) is 16.1. The summed E-state index contributed by atoms with van der Waals surface area (Å²) >= 11 is 0. The van der Waals surface area contributed by atoms with E-state index < -0.39 is 0 Å². The maximum Gasteiger partial charge on any atom is 0.227 e. The molecule has 0 spiro atoms. The number of anilines is 1. The van der Waals surface area contributed by atoms with Gasteiger partial charge in [0.15, 0.2) is 0 Å². The van der Waals surface area contributed by atoms with E-state index in [4.69, 9.17) is 4.74 Å². The Hall–Kier alpha value is -2.36. The molecule has 1 amide bonds. The van der Waals surface area contributed by atoms with Crippen molar-refractivity contribution in [3.8, 4) is 11.5 Å². The average molecular weight is 282 g/mol. The molecule has 1 saturated carbocycles. The molecule has 1 aliphatic carbocycles.